The molecule has 2 aliphatic carbocycles. The summed E-state index contributed by atoms with van der Waals surface area (Å²) in [5.41, 5.74) is 10.1. The van der Waals surface area contributed by atoms with E-state index in [9.17, 15) is 0 Å². The number of benzene rings is 1. The van der Waals surface area contributed by atoms with Crippen LogP contribution >= 0.6 is 0 Å². The van der Waals surface area contributed by atoms with Gasteiger partial charge >= 0.3 is 0 Å². The first-order valence-electron chi connectivity index (χ1n) is 12.2. The Morgan fingerprint density at radius 3 is 2.71 bits per heavy atom. The predicted molar refractivity (Wildman–Crippen MR) is 139 cm³/mol. The van der Waals surface area contributed by atoms with E-state index in [1.807, 2.05) is 0 Å². The number of hydrogen-bond donors (Lipinski definition) is 0. The molecule has 31 heavy (non-hydrogen) atoms. The van der Waals surface area contributed by atoms with Gasteiger partial charge in [-0.2, -0.15) is 0 Å². The Hall–Kier alpha value is -2.34. The molecule has 2 aliphatic rings. The fourth-order valence-corrected chi connectivity index (χ4v) is 4.99. The molecule has 1 aromatic rings. The van der Waals surface area contributed by atoms with Gasteiger partial charge in [0.2, 0.25) is 0 Å². The van der Waals surface area contributed by atoms with Gasteiger partial charge in [-0.3, -0.25) is 0 Å². The van der Waals surface area contributed by atoms with E-state index in [4.69, 9.17) is 0 Å². The van der Waals surface area contributed by atoms with Crippen molar-refractivity contribution in [1.82, 2.24) is 0 Å². The van der Waals surface area contributed by atoms with Crippen LogP contribution in [0.5, 0.6) is 0 Å². The van der Waals surface area contributed by atoms with Crippen LogP contribution in [-0.2, 0) is 0 Å². The van der Waals surface area contributed by atoms with Gasteiger partial charge < -0.3 is 0 Å². The van der Waals surface area contributed by atoms with E-state index < -0.39 is 0 Å². The first-order chi connectivity index (χ1) is 15.0. The molecule has 0 radical (unpaired) electrons. The third-order valence-corrected chi connectivity index (χ3v) is 7.14. The number of allylic oxidation sites excluding steroid dienone is 12. The van der Waals surface area contributed by atoms with Crippen molar-refractivity contribution < 1.29 is 0 Å². The summed E-state index contributed by atoms with van der Waals surface area (Å²) in [4.78, 5) is 0. The predicted octanol–water partition coefficient (Wildman–Crippen LogP) is 9.26. The van der Waals surface area contributed by atoms with E-state index in [2.05, 4.69) is 108 Å². The zero-order valence-electron chi connectivity index (χ0n) is 20.4. The van der Waals surface area contributed by atoms with Crippen LogP contribution in [0, 0.1) is 24.7 Å². The second-order valence-corrected chi connectivity index (χ2v) is 9.27. The zero-order chi connectivity index (χ0) is 22.4. The third kappa shape index (κ3) is 5.48. The first kappa shape index (κ1) is 23.3. The maximum Gasteiger partial charge on any atom is -0.000494 e. The van der Waals surface area contributed by atoms with Gasteiger partial charge in [-0.15, -0.1) is 0 Å². The Kier molecular flexibility index (Phi) is 8.13. The molecule has 3 rings (SSSR count). The van der Waals surface area contributed by atoms with Gasteiger partial charge in [0.1, 0.15) is 0 Å². The number of aryl methyl sites for hydroxylation is 1. The maximum atomic E-state index is 2.51. The quantitative estimate of drug-likeness (QED) is 0.436. The van der Waals surface area contributed by atoms with Crippen molar-refractivity contribution in [1.29, 1.82) is 0 Å². The van der Waals surface area contributed by atoms with Crippen LogP contribution < -0.4 is 0 Å². The molecule has 0 aromatic heterocycles. The molecule has 164 valence electrons. The number of rotatable bonds is 6. The lowest BCUT2D eigenvalue weighted by Crippen LogP contribution is -2.11. The smallest absolute Gasteiger partial charge is 0.000494 e. The Labute approximate surface area is 190 Å². The molecule has 3 unspecified atom stereocenters. The van der Waals surface area contributed by atoms with Gasteiger partial charge in [0.05, 0.1) is 0 Å². The second kappa shape index (κ2) is 10.8. The lowest BCUT2D eigenvalue weighted by atomic mass is 9.80. The molecule has 1 aromatic carbocycles. The van der Waals surface area contributed by atoms with Crippen molar-refractivity contribution in [3.8, 4) is 0 Å². The summed E-state index contributed by atoms with van der Waals surface area (Å²) in [6.45, 7) is 13.8. The topological polar surface area (TPSA) is 0 Å². The van der Waals surface area contributed by atoms with E-state index >= 15 is 0 Å². The van der Waals surface area contributed by atoms with Crippen LogP contribution in [0.15, 0.2) is 78.0 Å². The molecular formula is C31H40. The third-order valence-electron chi connectivity index (χ3n) is 7.14. The molecule has 0 amide bonds. The lowest BCUT2D eigenvalue weighted by Gasteiger charge is -2.25. The minimum absolute atomic E-state index is 0.413. The highest BCUT2D eigenvalue weighted by atomic mass is 14.2. The van der Waals surface area contributed by atoms with E-state index in [0.29, 0.717) is 17.8 Å². The summed E-state index contributed by atoms with van der Waals surface area (Å²) in [7, 11) is 0. The normalized spacial score (nSPS) is 23.3. The highest BCUT2D eigenvalue weighted by Crippen LogP contribution is 2.36. The fourth-order valence-electron chi connectivity index (χ4n) is 4.99. The van der Waals surface area contributed by atoms with Gasteiger partial charge in [-0.05, 0) is 102 Å². The Bertz CT molecular complexity index is 958. The molecule has 0 heterocycles. The summed E-state index contributed by atoms with van der Waals surface area (Å²) in [5.74, 6) is 1.56. The van der Waals surface area contributed by atoms with Crippen molar-refractivity contribution in [2.75, 3.05) is 0 Å². The van der Waals surface area contributed by atoms with Crippen LogP contribution in [0.1, 0.15) is 77.0 Å². The van der Waals surface area contributed by atoms with Gasteiger partial charge in [-0.1, -0.05) is 88.4 Å². The van der Waals surface area contributed by atoms with Crippen LogP contribution in [0.3, 0.4) is 0 Å². The summed E-state index contributed by atoms with van der Waals surface area (Å²) in [6, 6.07) is 7.06. The highest BCUT2D eigenvalue weighted by molar-refractivity contribution is 5.76. The monoisotopic (exact) mass is 412 g/mol. The van der Waals surface area contributed by atoms with Crippen LogP contribution in [0.4, 0.5) is 0 Å². The molecule has 0 saturated heterocycles. The molecule has 0 nitrogen and oxygen atoms in total. The SMILES string of the molecule is CC=C(C1=CC=CCCC1)C(C)C=C(CC)c1cc(C2=CC=CC(C)C2C)ccc1C. The van der Waals surface area contributed by atoms with Crippen LogP contribution in [0.25, 0.3) is 11.1 Å². The average Bonchev–Trinajstić information content (AvgIpc) is 3.05. The minimum Gasteiger partial charge on any atom is -0.0845 e. The molecule has 0 bridgehead atoms. The van der Waals surface area contributed by atoms with E-state index in [-0.39, 0.29) is 0 Å². The molecular weight excluding hydrogens is 372 g/mol. The molecule has 0 fully saturated rings. The van der Waals surface area contributed by atoms with E-state index in [0.717, 1.165) is 6.42 Å². The van der Waals surface area contributed by atoms with Crippen molar-refractivity contribution >= 4 is 11.1 Å². The lowest BCUT2D eigenvalue weighted by molar-refractivity contribution is 0.568. The first-order valence-corrected chi connectivity index (χ1v) is 12.2. The molecule has 0 heteroatoms. The van der Waals surface area contributed by atoms with Gasteiger partial charge in [0.25, 0.3) is 0 Å². The molecule has 0 aliphatic heterocycles. The molecule has 0 saturated carbocycles. The largest absolute Gasteiger partial charge is 0.0845 e. The Balaban J connectivity index is 1.95. The summed E-state index contributed by atoms with van der Waals surface area (Å²) in [6.07, 6.45) is 23.2. The summed E-state index contributed by atoms with van der Waals surface area (Å²) in [5, 5.41) is 0. The standard InChI is InChI=1S/C31H40/c1-7-26(20-24(5)29(8-2)27-15-11-9-10-12-16-27)31-21-28(19-18-23(31)4)30-17-13-14-22(3)25(30)6/h8-9,11,13-15,17-22,24-25H,7,10,12,16H2,1-6H3. The van der Waals surface area contributed by atoms with Crippen molar-refractivity contribution in [3.05, 3.63) is 94.6 Å². The van der Waals surface area contributed by atoms with Gasteiger partial charge in [0, 0.05) is 0 Å². The minimum atomic E-state index is 0.413. The summed E-state index contributed by atoms with van der Waals surface area (Å²) < 4.78 is 0. The molecule has 0 spiro atoms. The van der Waals surface area contributed by atoms with E-state index in [1.165, 1.54) is 58.2 Å². The van der Waals surface area contributed by atoms with E-state index in [1.54, 1.807) is 0 Å². The molecule has 0 N–H and O–H groups in total. The summed E-state index contributed by atoms with van der Waals surface area (Å²) >= 11 is 0. The highest BCUT2D eigenvalue weighted by Gasteiger charge is 2.20. The van der Waals surface area contributed by atoms with Crippen molar-refractivity contribution in [2.45, 2.75) is 67.2 Å². The maximum absolute atomic E-state index is 2.51. The Morgan fingerprint density at radius 2 is 1.97 bits per heavy atom. The van der Waals surface area contributed by atoms with Crippen molar-refractivity contribution in [3.63, 3.8) is 0 Å². The van der Waals surface area contributed by atoms with Gasteiger partial charge in [0.15, 0.2) is 0 Å². The van der Waals surface area contributed by atoms with Crippen molar-refractivity contribution in [2.24, 2.45) is 17.8 Å². The second-order valence-electron chi connectivity index (χ2n) is 9.27. The number of hydrogen-bond acceptors (Lipinski definition) is 0. The fraction of sp³-hybridized carbons (Fsp3) is 0.419. The van der Waals surface area contributed by atoms with Crippen LogP contribution in [0.2, 0.25) is 0 Å². The average molecular weight is 413 g/mol. The molecule has 3 atom stereocenters. The Morgan fingerprint density at radius 1 is 1.16 bits per heavy atom. The van der Waals surface area contributed by atoms with Crippen LogP contribution in [-0.4, -0.2) is 0 Å². The van der Waals surface area contributed by atoms with Gasteiger partial charge in [-0.25, -0.2) is 0 Å². The zero-order valence-corrected chi connectivity index (χ0v) is 20.4.